The third kappa shape index (κ3) is 1.90. The molecule has 0 spiro atoms. The topological polar surface area (TPSA) is 57.9 Å². The van der Waals surface area contributed by atoms with Crippen LogP contribution in [0, 0.1) is 0 Å². The Bertz CT molecular complexity index is 720. The van der Waals surface area contributed by atoms with E-state index in [1.807, 2.05) is 36.9 Å². The van der Waals surface area contributed by atoms with Crippen LogP contribution in [0.25, 0.3) is 5.65 Å². The molecule has 0 saturated carbocycles. The summed E-state index contributed by atoms with van der Waals surface area (Å²) in [6.45, 7) is 5.00. The lowest BCUT2D eigenvalue weighted by Crippen LogP contribution is -2.62. The van der Waals surface area contributed by atoms with Gasteiger partial charge in [-0.1, -0.05) is 6.07 Å². The van der Waals surface area contributed by atoms with Crippen LogP contribution in [0.2, 0.25) is 0 Å². The smallest absolute Gasteiger partial charge is 0.247 e. The van der Waals surface area contributed by atoms with Gasteiger partial charge in [-0.05, 0) is 26.0 Å². The van der Waals surface area contributed by atoms with Gasteiger partial charge in [-0.15, -0.1) is 0 Å². The van der Waals surface area contributed by atoms with E-state index in [9.17, 15) is 9.59 Å². The Morgan fingerprint density at radius 1 is 1.29 bits per heavy atom. The number of anilines is 1. The number of fused-ring (bicyclic) bond motifs is 1. The quantitative estimate of drug-likeness (QED) is 0.779. The minimum atomic E-state index is -0.720. The Kier molecular flexibility index (Phi) is 2.97. The average Bonchev–Trinajstić information content (AvgIpc) is 2.83. The molecule has 1 amide bonds. The number of carbonyl (C=O) groups is 2. The van der Waals surface area contributed by atoms with Gasteiger partial charge in [0.2, 0.25) is 5.91 Å². The van der Waals surface area contributed by atoms with Gasteiger partial charge in [0.05, 0.1) is 0 Å². The monoisotopic (exact) mass is 286 g/mol. The highest BCUT2D eigenvalue weighted by molar-refractivity contribution is 5.92. The van der Waals surface area contributed by atoms with E-state index in [2.05, 4.69) is 4.98 Å². The van der Waals surface area contributed by atoms with Crippen molar-refractivity contribution in [3.63, 3.8) is 0 Å². The maximum Gasteiger partial charge on any atom is 0.247 e. The second-order valence-corrected chi connectivity index (χ2v) is 5.80. The van der Waals surface area contributed by atoms with E-state index in [0.29, 0.717) is 30.2 Å². The molecule has 1 aliphatic rings. The number of carbonyl (C=O) groups excluding carboxylic acids is 2. The Morgan fingerprint density at radius 2 is 2.05 bits per heavy atom. The van der Waals surface area contributed by atoms with E-state index in [0.717, 1.165) is 6.29 Å². The van der Waals surface area contributed by atoms with E-state index < -0.39 is 5.54 Å². The fraction of sp³-hybridized carbons (Fsp3) is 0.400. The molecule has 21 heavy (non-hydrogen) atoms. The number of nitrogens with zero attached hydrogens (tertiary/aromatic N) is 4. The molecule has 1 fully saturated rings. The zero-order chi connectivity index (χ0) is 15.2. The van der Waals surface area contributed by atoms with E-state index in [1.54, 1.807) is 22.5 Å². The minimum Gasteiger partial charge on any atom is -0.342 e. The van der Waals surface area contributed by atoms with Crippen LogP contribution in [0.15, 0.2) is 24.4 Å². The number of aldehydes is 1. The summed E-state index contributed by atoms with van der Waals surface area (Å²) < 4.78 is 1.75. The molecule has 6 nitrogen and oxygen atoms in total. The van der Waals surface area contributed by atoms with Gasteiger partial charge in [-0.3, -0.25) is 14.0 Å². The number of amides is 1. The van der Waals surface area contributed by atoms with Gasteiger partial charge in [-0.2, -0.15) is 0 Å². The van der Waals surface area contributed by atoms with Crippen molar-refractivity contribution in [1.82, 2.24) is 14.3 Å². The largest absolute Gasteiger partial charge is 0.342 e. The zero-order valence-electron chi connectivity index (χ0n) is 12.4. The molecule has 0 atom stereocenters. The third-order valence-electron chi connectivity index (χ3n) is 4.12. The number of hydrogen-bond donors (Lipinski definition) is 0. The second kappa shape index (κ2) is 4.58. The molecule has 1 saturated heterocycles. The Hall–Kier alpha value is -2.37. The molecule has 0 N–H and O–H groups in total. The summed E-state index contributed by atoms with van der Waals surface area (Å²) in [5.74, 6) is 0.602. The Morgan fingerprint density at radius 3 is 2.76 bits per heavy atom. The van der Waals surface area contributed by atoms with Crippen molar-refractivity contribution >= 4 is 23.7 Å². The fourth-order valence-electron chi connectivity index (χ4n) is 2.89. The number of imidazole rings is 1. The molecule has 0 bridgehead atoms. The van der Waals surface area contributed by atoms with Crippen molar-refractivity contribution in [1.29, 1.82) is 0 Å². The predicted octanol–water partition coefficient (Wildman–Crippen LogP) is 1.20. The highest BCUT2D eigenvalue weighted by atomic mass is 16.2. The van der Waals surface area contributed by atoms with E-state index in [4.69, 9.17) is 0 Å². The molecule has 1 aliphatic heterocycles. The van der Waals surface area contributed by atoms with Crippen molar-refractivity contribution in [2.45, 2.75) is 19.4 Å². The predicted molar refractivity (Wildman–Crippen MR) is 79.6 cm³/mol. The molecule has 6 heteroatoms. The van der Waals surface area contributed by atoms with E-state index >= 15 is 0 Å². The maximum absolute atomic E-state index is 12.4. The first kappa shape index (κ1) is 13.6. The lowest BCUT2D eigenvalue weighted by Gasteiger charge is -2.45. The highest BCUT2D eigenvalue weighted by Gasteiger charge is 2.42. The van der Waals surface area contributed by atoms with Crippen LogP contribution in [0.1, 0.15) is 24.3 Å². The molecule has 0 unspecified atom stereocenters. The van der Waals surface area contributed by atoms with Crippen LogP contribution in [-0.2, 0) is 4.79 Å². The number of rotatable bonds is 2. The molecular formula is C15H18N4O2. The molecule has 0 aliphatic carbocycles. The normalized spacial score (nSPS) is 18.3. The molecule has 3 heterocycles. The van der Waals surface area contributed by atoms with Gasteiger partial charge in [0.1, 0.15) is 16.9 Å². The number of piperazine rings is 1. The molecule has 110 valence electrons. The van der Waals surface area contributed by atoms with Crippen LogP contribution in [0.4, 0.5) is 5.82 Å². The maximum atomic E-state index is 12.4. The van der Waals surface area contributed by atoms with Gasteiger partial charge in [0.15, 0.2) is 12.1 Å². The van der Waals surface area contributed by atoms with Crippen LogP contribution in [0.5, 0.6) is 0 Å². The van der Waals surface area contributed by atoms with Gasteiger partial charge in [0, 0.05) is 26.3 Å². The van der Waals surface area contributed by atoms with Gasteiger partial charge < -0.3 is 9.80 Å². The van der Waals surface area contributed by atoms with Crippen molar-refractivity contribution < 1.29 is 9.59 Å². The first-order valence-electron chi connectivity index (χ1n) is 6.92. The molecule has 0 radical (unpaired) electrons. The number of pyridine rings is 1. The molecular weight excluding hydrogens is 268 g/mol. The lowest BCUT2D eigenvalue weighted by molar-refractivity contribution is -0.136. The number of aromatic nitrogens is 2. The molecule has 0 aromatic carbocycles. The van der Waals surface area contributed by atoms with E-state index in [1.165, 1.54) is 0 Å². The van der Waals surface area contributed by atoms with Gasteiger partial charge in [-0.25, -0.2) is 4.98 Å². The van der Waals surface area contributed by atoms with Crippen molar-refractivity contribution in [2.24, 2.45) is 0 Å². The van der Waals surface area contributed by atoms with Crippen LogP contribution < -0.4 is 4.90 Å². The summed E-state index contributed by atoms with van der Waals surface area (Å²) in [6, 6.07) is 5.58. The van der Waals surface area contributed by atoms with Crippen LogP contribution in [0.3, 0.4) is 0 Å². The minimum absolute atomic E-state index is 0.0302. The fourth-order valence-corrected chi connectivity index (χ4v) is 2.89. The Labute approximate surface area is 123 Å². The van der Waals surface area contributed by atoms with Crippen molar-refractivity contribution in [3.05, 3.63) is 30.1 Å². The van der Waals surface area contributed by atoms with Gasteiger partial charge in [0.25, 0.3) is 0 Å². The Balaban J connectivity index is 2.16. The lowest BCUT2D eigenvalue weighted by atomic mass is 9.97. The second-order valence-electron chi connectivity index (χ2n) is 5.80. The first-order chi connectivity index (χ1) is 9.96. The SMILES string of the molecule is CN1CCN(c2nc3ccccn3c2C=O)C(C)(C)C1=O. The summed E-state index contributed by atoms with van der Waals surface area (Å²) in [7, 11) is 1.80. The van der Waals surface area contributed by atoms with Crippen LogP contribution in [-0.4, -0.2) is 52.2 Å². The number of hydrogen-bond acceptors (Lipinski definition) is 4. The average molecular weight is 286 g/mol. The summed E-state index contributed by atoms with van der Waals surface area (Å²) in [6.07, 6.45) is 2.61. The summed E-state index contributed by atoms with van der Waals surface area (Å²) in [5, 5.41) is 0. The summed E-state index contributed by atoms with van der Waals surface area (Å²) in [5.41, 5.74) is 0.468. The highest BCUT2D eigenvalue weighted by Crippen LogP contribution is 2.30. The zero-order valence-corrected chi connectivity index (χ0v) is 12.4. The van der Waals surface area contributed by atoms with E-state index in [-0.39, 0.29) is 5.91 Å². The first-order valence-corrected chi connectivity index (χ1v) is 6.92. The summed E-state index contributed by atoms with van der Waals surface area (Å²) >= 11 is 0. The molecule has 2 aromatic heterocycles. The van der Waals surface area contributed by atoms with Gasteiger partial charge >= 0.3 is 0 Å². The standard InChI is InChI=1S/C15H18N4O2/c1-15(2)14(21)17(3)8-9-19(15)13-11(10-20)18-7-5-4-6-12(18)16-13/h4-7,10H,8-9H2,1-3H3. The van der Waals surface area contributed by atoms with Crippen LogP contribution >= 0.6 is 0 Å². The third-order valence-corrected chi connectivity index (χ3v) is 4.12. The van der Waals surface area contributed by atoms with Crippen molar-refractivity contribution in [3.8, 4) is 0 Å². The molecule has 3 rings (SSSR count). The van der Waals surface area contributed by atoms with Crippen molar-refractivity contribution in [2.75, 3.05) is 25.0 Å². The molecule has 2 aromatic rings. The number of likely N-dealkylation sites (N-methyl/N-ethyl adjacent to an activating group) is 1. The summed E-state index contributed by atoms with van der Waals surface area (Å²) in [4.78, 5) is 32.1.